The summed E-state index contributed by atoms with van der Waals surface area (Å²) in [6.07, 6.45) is 0. The first-order valence-corrected chi connectivity index (χ1v) is 7.12. The van der Waals surface area contributed by atoms with Gasteiger partial charge in [-0.1, -0.05) is 11.6 Å². The van der Waals surface area contributed by atoms with Crippen molar-refractivity contribution in [1.82, 2.24) is 24.3 Å². The number of aliphatic hydroxyl groups excluding tert-OH is 1. The first kappa shape index (κ1) is 15.3. The first-order valence-electron chi connectivity index (χ1n) is 6.74. The van der Waals surface area contributed by atoms with E-state index in [0.717, 1.165) is 4.57 Å². The molecule has 0 saturated heterocycles. The van der Waals surface area contributed by atoms with Crippen molar-refractivity contribution in [2.45, 2.75) is 6.54 Å². The molecule has 0 amide bonds. The van der Waals surface area contributed by atoms with Crippen LogP contribution in [0.5, 0.6) is 0 Å². The summed E-state index contributed by atoms with van der Waals surface area (Å²) in [6, 6.07) is 6.79. The molecule has 0 saturated carbocycles. The third-order valence-electron chi connectivity index (χ3n) is 3.30. The van der Waals surface area contributed by atoms with Crippen LogP contribution in [0.2, 0.25) is 5.02 Å². The van der Waals surface area contributed by atoms with Crippen LogP contribution in [-0.2, 0) is 13.6 Å². The summed E-state index contributed by atoms with van der Waals surface area (Å²) in [5, 5.41) is 14.0. The van der Waals surface area contributed by atoms with Crippen LogP contribution in [0.3, 0.4) is 0 Å². The Morgan fingerprint density at radius 1 is 1.17 bits per heavy atom. The Hall–Kier alpha value is -2.58. The maximum absolute atomic E-state index is 12.3. The molecule has 2 aliphatic heterocycles. The van der Waals surface area contributed by atoms with E-state index in [0.29, 0.717) is 10.6 Å². The van der Waals surface area contributed by atoms with E-state index < -0.39 is 11.2 Å². The van der Waals surface area contributed by atoms with Gasteiger partial charge in [-0.25, -0.2) is 14.5 Å². The number of hydrogen-bond donors (Lipinski definition) is 1. The van der Waals surface area contributed by atoms with Crippen molar-refractivity contribution in [3.8, 4) is 22.9 Å². The van der Waals surface area contributed by atoms with Crippen molar-refractivity contribution in [2.24, 2.45) is 7.05 Å². The summed E-state index contributed by atoms with van der Waals surface area (Å²) in [7, 11) is 1.33. The molecular weight excluding hydrogens is 322 g/mol. The summed E-state index contributed by atoms with van der Waals surface area (Å²) < 4.78 is 2.18. The number of aliphatic hydroxyl groups is 1. The van der Waals surface area contributed by atoms with Gasteiger partial charge in [0.05, 0.1) is 13.2 Å². The molecule has 8 nitrogen and oxygen atoms in total. The van der Waals surface area contributed by atoms with Crippen LogP contribution in [0.25, 0.3) is 22.9 Å². The van der Waals surface area contributed by atoms with Gasteiger partial charge in [0.25, 0.3) is 5.56 Å². The van der Waals surface area contributed by atoms with Crippen molar-refractivity contribution in [3.63, 3.8) is 0 Å². The van der Waals surface area contributed by atoms with Crippen LogP contribution >= 0.6 is 11.6 Å². The molecule has 2 heterocycles. The molecule has 0 spiro atoms. The standard InChI is InChI=1S/C14H12ClN5O3/c1-19-13(22)10-12(17-14(19)23)20(6-7-21)18-11(16-10)8-2-4-9(15)5-3-8/h2-5,21H,6-7H2,1H3. The zero-order valence-corrected chi connectivity index (χ0v) is 12.9. The molecule has 0 unspecified atom stereocenters. The largest absolute Gasteiger partial charge is 0.394 e. The minimum atomic E-state index is -0.697. The van der Waals surface area contributed by atoms with Crippen molar-refractivity contribution in [3.05, 3.63) is 50.1 Å². The van der Waals surface area contributed by atoms with E-state index in [1.54, 1.807) is 24.3 Å². The first-order chi connectivity index (χ1) is 11.0. The number of aromatic nitrogens is 5. The number of fused-ring (bicyclic) bond motifs is 1. The van der Waals surface area contributed by atoms with Crippen LogP contribution in [0, 0.1) is 0 Å². The highest BCUT2D eigenvalue weighted by Gasteiger charge is 2.20. The third-order valence-corrected chi connectivity index (χ3v) is 3.55. The van der Waals surface area contributed by atoms with Gasteiger partial charge in [-0.2, -0.15) is 10.1 Å². The minimum absolute atomic E-state index is 0.0144. The van der Waals surface area contributed by atoms with Crippen LogP contribution in [0.4, 0.5) is 0 Å². The van der Waals surface area contributed by atoms with Gasteiger partial charge in [0.15, 0.2) is 17.3 Å². The van der Waals surface area contributed by atoms with Gasteiger partial charge < -0.3 is 5.11 Å². The fourth-order valence-corrected chi connectivity index (χ4v) is 2.23. The molecular formula is C14H12ClN5O3. The molecule has 3 rings (SSSR count). The second-order valence-corrected chi connectivity index (χ2v) is 5.26. The Balaban J connectivity index is 2.33. The molecule has 0 fully saturated rings. The van der Waals surface area contributed by atoms with Gasteiger partial charge in [-0.3, -0.25) is 9.36 Å². The number of nitrogens with zero attached hydrogens (tertiary/aromatic N) is 5. The Kier molecular flexibility index (Phi) is 3.93. The quantitative estimate of drug-likeness (QED) is 0.732. The van der Waals surface area contributed by atoms with Crippen molar-refractivity contribution in [1.29, 1.82) is 0 Å². The molecule has 0 aromatic heterocycles. The summed E-state index contributed by atoms with van der Waals surface area (Å²) in [5.74, 6) is 0.324. The molecule has 9 heteroatoms. The fourth-order valence-electron chi connectivity index (χ4n) is 2.10. The van der Waals surface area contributed by atoms with Crippen molar-refractivity contribution >= 4 is 11.6 Å². The van der Waals surface area contributed by atoms with Crippen LogP contribution in [0.15, 0.2) is 33.9 Å². The SMILES string of the molecule is Cn1c(=O)nc2n(CCO)nc(-c3ccc(Cl)cc3)nc-2c1=O. The Bertz CT molecular complexity index is 948. The van der Waals surface area contributed by atoms with Crippen LogP contribution in [-0.4, -0.2) is 36.0 Å². The Morgan fingerprint density at radius 2 is 1.87 bits per heavy atom. The van der Waals surface area contributed by atoms with Crippen LogP contribution < -0.4 is 11.2 Å². The molecule has 0 atom stereocenters. The normalized spacial score (nSPS) is 11.1. The van der Waals surface area contributed by atoms with Crippen molar-refractivity contribution < 1.29 is 5.11 Å². The van der Waals surface area contributed by atoms with Gasteiger partial charge in [0, 0.05) is 17.6 Å². The zero-order chi connectivity index (χ0) is 16.6. The topological polar surface area (TPSA) is 103 Å². The van der Waals surface area contributed by atoms with E-state index in [4.69, 9.17) is 11.6 Å². The summed E-state index contributed by atoms with van der Waals surface area (Å²) in [6.45, 7) is -0.138. The number of halogens is 1. The maximum atomic E-state index is 12.3. The molecule has 1 N–H and O–H groups in total. The lowest BCUT2D eigenvalue weighted by molar-refractivity contribution is 0.268. The monoisotopic (exact) mass is 333 g/mol. The van der Waals surface area contributed by atoms with E-state index in [-0.39, 0.29) is 30.5 Å². The molecule has 0 bridgehead atoms. The smallest absolute Gasteiger partial charge is 0.352 e. The van der Waals surface area contributed by atoms with Crippen molar-refractivity contribution in [2.75, 3.05) is 6.61 Å². The van der Waals surface area contributed by atoms with E-state index in [2.05, 4.69) is 15.1 Å². The highest BCUT2D eigenvalue weighted by molar-refractivity contribution is 6.30. The second kappa shape index (κ2) is 5.90. The van der Waals surface area contributed by atoms with E-state index >= 15 is 0 Å². The van der Waals surface area contributed by atoms with E-state index in [9.17, 15) is 14.7 Å². The predicted molar refractivity (Wildman–Crippen MR) is 83.5 cm³/mol. The van der Waals surface area contributed by atoms with Gasteiger partial charge in [0.2, 0.25) is 0 Å². The Morgan fingerprint density at radius 3 is 2.52 bits per heavy atom. The van der Waals surface area contributed by atoms with E-state index in [1.807, 2.05) is 0 Å². The molecule has 0 radical (unpaired) electrons. The number of hydrogen-bond acceptors (Lipinski definition) is 6. The average molecular weight is 334 g/mol. The Labute approximate surface area is 135 Å². The van der Waals surface area contributed by atoms with Gasteiger partial charge in [0.1, 0.15) is 0 Å². The molecule has 1 aromatic rings. The average Bonchev–Trinajstić information content (AvgIpc) is 2.54. The number of benzene rings is 1. The van der Waals surface area contributed by atoms with Gasteiger partial charge in [-0.05, 0) is 24.3 Å². The molecule has 0 aliphatic carbocycles. The summed E-state index contributed by atoms with van der Waals surface area (Å²) in [5.41, 5.74) is -0.599. The summed E-state index contributed by atoms with van der Waals surface area (Å²) in [4.78, 5) is 32.0. The number of rotatable bonds is 3. The third kappa shape index (κ3) is 2.73. The highest BCUT2D eigenvalue weighted by atomic mass is 35.5. The summed E-state index contributed by atoms with van der Waals surface area (Å²) >= 11 is 5.86. The maximum Gasteiger partial charge on any atom is 0.352 e. The highest BCUT2D eigenvalue weighted by Crippen LogP contribution is 2.20. The molecule has 1 aromatic carbocycles. The van der Waals surface area contributed by atoms with Gasteiger partial charge in [-0.15, -0.1) is 0 Å². The predicted octanol–water partition coefficient (Wildman–Crippen LogP) is 0.149. The van der Waals surface area contributed by atoms with Crippen LogP contribution in [0.1, 0.15) is 0 Å². The lowest BCUT2D eigenvalue weighted by Gasteiger charge is -2.13. The molecule has 23 heavy (non-hydrogen) atoms. The minimum Gasteiger partial charge on any atom is -0.394 e. The van der Waals surface area contributed by atoms with E-state index in [1.165, 1.54) is 11.7 Å². The molecule has 2 aliphatic rings. The zero-order valence-electron chi connectivity index (χ0n) is 12.1. The fraction of sp³-hybridized carbons (Fsp3) is 0.214. The molecule has 118 valence electrons. The lowest BCUT2D eigenvalue weighted by Crippen LogP contribution is -2.37. The second-order valence-electron chi connectivity index (χ2n) is 4.82. The lowest BCUT2D eigenvalue weighted by atomic mass is 10.2. The van der Waals surface area contributed by atoms with Gasteiger partial charge >= 0.3 is 5.69 Å².